The number of allylic oxidation sites excluding steroid dienone is 1. The molecule has 0 saturated carbocycles. The Morgan fingerprint density at radius 2 is 2.18 bits per heavy atom. The molecule has 1 aromatic carbocycles. The molecule has 2 aromatic heterocycles. The smallest absolute Gasteiger partial charge is 0.407 e. The van der Waals surface area contributed by atoms with Crippen LogP contribution in [0.3, 0.4) is 0 Å². The summed E-state index contributed by atoms with van der Waals surface area (Å²) in [6, 6.07) is 9.70. The van der Waals surface area contributed by atoms with E-state index in [9.17, 15) is 4.79 Å². The monoisotopic (exact) mass is 508 g/mol. The van der Waals surface area contributed by atoms with Gasteiger partial charge in [0.2, 0.25) is 0 Å². The topological polar surface area (TPSA) is 68.5 Å². The minimum atomic E-state index is -0.385. The lowest BCUT2D eigenvalue weighted by Gasteiger charge is -2.22. The summed E-state index contributed by atoms with van der Waals surface area (Å²) >= 11 is 8.39. The minimum absolute atomic E-state index is 0.0579. The maximum absolute atomic E-state index is 12.1. The van der Waals surface area contributed by atoms with E-state index in [1.54, 1.807) is 6.20 Å². The van der Waals surface area contributed by atoms with Gasteiger partial charge in [-0.05, 0) is 53.0 Å². The Hall–Kier alpha value is -2.13. The Morgan fingerprint density at radius 1 is 1.36 bits per heavy atom. The van der Waals surface area contributed by atoms with Crippen molar-refractivity contribution in [2.75, 3.05) is 0 Å². The van der Waals surface area contributed by atoms with Crippen molar-refractivity contribution in [3.8, 4) is 0 Å². The molecule has 1 N–H and O–H groups in total. The van der Waals surface area contributed by atoms with Crippen molar-refractivity contribution in [1.29, 1.82) is 0 Å². The zero-order chi connectivity index (χ0) is 19.5. The summed E-state index contributed by atoms with van der Waals surface area (Å²) in [5.74, 6) is 0.883. The Labute approximate surface area is 181 Å². The van der Waals surface area contributed by atoms with Crippen LogP contribution in [0.4, 0.5) is 4.79 Å². The van der Waals surface area contributed by atoms with Gasteiger partial charge in [-0.1, -0.05) is 48.0 Å². The van der Waals surface area contributed by atoms with Crippen molar-refractivity contribution < 1.29 is 9.53 Å². The van der Waals surface area contributed by atoms with Gasteiger partial charge in [-0.2, -0.15) is 0 Å². The third-order valence-electron chi connectivity index (χ3n) is 4.70. The van der Waals surface area contributed by atoms with Crippen molar-refractivity contribution in [3.05, 3.63) is 69.0 Å². The average Bonchev–Trinajstić information content (AvgIpc) is 3.06. The Morgan fingerprint density at radius 3 is 2.93 bits per heavy atom. The largest absolute Gasteiger partial charge is 0.445 e. The van der Waals surface area contributed by atoms with Crippen LogP contribution in [0.25, 0.3) is 11.1 Å². The van der Waals surface area contributed by atoms with Gasteiger partial charge in [-0.25, -0.2) is 14.8 Å². The van der Waals surface area contributed by atoms with E-state index < -0.39 is 0 Å². The highest BCUT2D eigenvalue weighted by atomic mass is 127. The van der Waals surface area contributed by atoms with Crippen molar-refractivity contribution in [2.24, 2.45) is 0 Å². The third kappa shape index (κ3) is 4.15. The molecule has 1 atom stereocenters. The maximum Gasteiger partial charge on any atom is 0.407 e. The molecule has 0 aliphatic heterocycles. The SMILES string of the molecule is O=C(NC1CC=C(c2nc(I)c3c(Cl)nccn23)CC1)OCc1ccccc1. The molecule has 0 saturated heterocycles. The zero-order valence-electron chi connectivity index (χ0n) is 14.9. The van der Waals surface area contributed by atoms with Crippen molar-refractivity contribution in [3.63, 3.8) is 0 Å². The molecule has 0 radical (unpaired) electrons. The molecule has 8 heteroatoms. The number of aromatic nitrogens is 3. The first-order valence-electron chi connectivity index (χ1n) is 8.96. The highest BCUT2D eigenvalue weighted by molar-refractivity contribution is 14.1. The molecule has 1 amide bonds. The van der Waals surface area contributed by atoms with E-state index in [1.807, 2.05) is 40.9 Å². The normalized spacial score (nSPS) is 16.6. The van der Waals surface area contributed by atoms with Crippen molar-refractivity contribution in [2.45, 2.75) is 31.9 Å². The Bertz CT molecular complexity index is 1040. The lowest BCUT2D eigenvalue weighted by molar-refractivity contribution is 0.135. The first kappa shape index (κ1) is 19.2. The first-order valence-corrected chi connectivity index (χ1v) is 10.4. The number of ether oxygens (including phenoxy) is 1. The summed E-state index contributed by atoms with van der Waals surface area (Å²) in [6.45, 7) is 0.272. The molecule has 144 valence electrons. The van der Waals surface area contributed by atoms with Gasteiger partial charge < -0.3 is 10.1 Å². The van der Waals surface area contributed by atoms with E-state index in [-0.39, 0.29) is 18.7 Å². The standard InChI is InChI=1S/C20H18ClIN4O2/c21-17-16-18(22)25-19(26(16)11-10-23-17)14-6-8-15(9-7-14)24-20(27)28-12-13-4-2-1-3-5-13/h1-6,10-11,15H,7-9,12H2,(H,24,27). The van der Waals surface area contributed by atoms with E-state index >= 15 is 0 Å². The molecule has 2 heterocycles. The van der Waals surface area contributed by atoms with Crippen LogP contribution < -0.4 is 5.32 Å². The van der Waals surface area contributed by atoms with Crippen LogP contribution in [-0.2, 0) is 11.3 Å². The summed E-state index contributed by atoms with van der Waals surface area (Å²) in [5, 5.41) is 3.39. The molecule has 0 fully saturated rings. The summed E-state index contributed by atoms with van der Waals surface area (Å²) in [7, 11) is 0. The Kier molecular flexibility index (Phi) is 5.82. The van der Waals surface area contributed by atoms with Gasteiger partial charge in [0.05, 0.1) is 0 Å². The second-order valence-electron chi connectivity index (χ2n) is 6.57. The van der Waals surface area contributed by atoms with E-state index in [0.717, 1.165) is 45.4 Å². The number of nitrogens with zero attached hydrogens (tertiary/aromatic N) is 3. The number of benzene rings is 1. The molecule has 28 heavy (non-hydrogen) atoms. The third-order valence-corrected chi connectivity index (χ3v) is 5.73. The van der Waals surface area contributed by atoms with Gasteiger partial charge in [0.1, 0.15) is 21.6 Å². The second-order valence-corrected chi connectivity index (χ2v) is 7.95. The van der Waals surface area contributed by atoms with Gasteiger partial charge >= 0.3 is 6.09 Å². The van der Waals surface area contributed by atoms with Gasteiger partial charge in [-0.3, -0.25) is 4.40 Å². The number of hydrogen-bond donors (Lipinski definition) is 1. The summed E-state index contributed by atoms with van der Waals surface area (Å²) in [5.41, 5.74) is 2.94. The highest BCUT2D eigenvalue weighted by Crippen LogP contribution is 2.30. The zero-order valence-corrected chi connectivity index (χ0v) is 17.9. The number of carbonyl (C=O) groups is 1. The summed E-state index contributed by atoms with van der Waals surface area (Å²) < 4.78 is 8.11. The number of alkyl carbamates (subject to hydrolysis) is 1. The number of rotatable bonds is 4. The van der Waals surface area contributed by atoms with Crippen molar-refractivity contribution in [1.82, 2.24) is 19.7 Å². The first-order chi connectivity index (χ1) is 13.6. The van der Waals surface area contributed by atoms with Crippen LogP contribution in [-0.4, -0.2) is 26.5 Å². The molecule has 0 bridgehead atoms. The van der Waals surface area contributed by atoms with E-state index in [0.29, 0.717) is 5.15 Å². The van der Waals surface area contributed by atoms with E-state index in [2.05, 4.69) is 44.0 Å². The fourth-order valence-electron chi connectivity index (χ4n) is 3.29. The molecule has 1 unspecified atom stereocenters. The average molecular weight is 509 g/mol. The number of amides is 1. The van der Waals surface area contributed by atoms with E-state index in [4.69, 9.17) is 16.3 Å². The molecular weight excluding hydrogens is 491 g/mol. The van der Waals surface area contributed by atoms with Crippen molar-refractivity contribution >= 4 is 51.4 Å². The minimum Gasteiger partial charge on any atom is -0.445 e. The number of halogens is 2. The number of imidazole rings is 1. The number of hydrogen-bond acceptors (Lipinski definition) is 4. The van der Waals surface area contributed by atoms with Crippen LogP contribution in [0.5, 0.6) is 0 Å². The summed E-state index contributed by atoms with van der Waals surface area (Å²) in [4.78, 5) is 20.9. The fourth-order valence-corrected chi connectivity index (χ4v) is 4.43. The van der Waals surface area contributed by atoms with E-state index in [1.165, 1.54) is 0 Å². The number of carbonyl (C=O) groups excluding carboxylic acids is 1. The molecule has 1 aliphatic rings. The van der Waals surface area contributed by atoms with Crippen LogP contribution in [0, 0.1) is 3.70 Å². The predicted octanol–water partition coefficient (Wildman–Crippen LogP) is 4.85. The molecule has 4 rings (SSSR count). The van der Waals surface area contributed by atoms with Gasteiger partial charge in [0.25, 0.3) is 0 Å². The van der Waals surface area contributed by atoms with Crippen LogP contribution in [0.15, 0.2) is 48.8 Å². The number of nitrogens with one attached hydrogen (secondary N) is 1. The van der Waals surface area contributed by atoms with Crippen LogP contribution in [0.2, 0.25) is 5.15 Å². The molecule has 0 spiro atoms. The van der Waals surface area contributed by atoms with Gasteiger partial charge in [0, 0.05) is 18.4 Å². The Balaban J connectivity index is 1.38. The fraction of sp³-hybridized carbons (Fsp3) is 0.250. The highest BCUT2D eigenvalue weighted by Gasteiger charge is 2.22. The molecule has 6 nitrogen and oxygen atoms in total. The molecule has 3 aromatic rings. The maximum atomic E-state index is 12.1. The van der Waals surface area contributed by atoms with Gasteiger partial charge in [0.15, 0.2) is 5.15 Å². The lowest BCUT2D eigenvalue weighted by atomic mass is 9.95. The van der Waals surface area contributed by atoms with Crippen LogP contribution >= 0.6 is 34.2 Å². The quantitative estimate of drug-likeness (QED) is 0.512. The predicted molar refractivity (Wildman–Crippen MR) is 116 cm³/mol. The molecule has 1 aliphatic carbocycles. The van der Waals surface area contributed by atoms with Crippen LogP contribution in [0.1, 0.15) is 30.7 Å². The number of fused-ring (bicyclic) bond motifs is 1. The second kappa shape index (κ2) is 8.48. The molecular formula is C20H18ClIN4O2. The summed E-state index contributed by atoms with van der Waals surface area (Å²) in [6.07, 6.45) is 7.68. The van der Waals surface area contributed by atoms with Gasteiger partial charge in [-0.15, -0.1) is 0 Å². The lowest BCUT2D eigenvalue weighted by Crippen LogP contribution is -2.36.